The minimum absolute atomic E-state index is 0.203. The minimum Gasteiger partial charge on any atom is -0.490 e. The third-order valence-electron chi connectivity index (χ3n) is 5.47. The Bertz CT molecular complexity index is 1310. The van der Waals surface area contributed by atoms with Crippen molar-refractivity contribution in [2.75, 3.05) is 46.0 Å². The molecule has 1 heterocycles. The van der Waals surface area contributed by atoms with Crippen LogP contribution in [-0.2, 0) is 25.4 Å². The Morgan fingerprint density at radius 2 is 1.39 bits per heavy atom. The van der Waals surface area contributed by atoms with Gasteiger partial charge in [0.25, 0.3) is 0 Å². The minimum atomic E-state index is -0.568. The monoisotopic (exact) mass is 645 g/mol. The molecule has 0 fully saturated rings. The Balaban J connectivity index is 1.40. The van der Waals surface area contributed by atoms with Crippen molar-refractivity contribution in [2.45, 2.75) is 19.3 Å². The average molecular weight is 647 g/mol. The highest BCUT2D eigenvalue weighted by atomic mass is 35.5. The first-order valence-corrected chi connectivity index (χ1v) is 13.8. The number of nitrogens with one attached hydrogen (secondary N) is 1. The fraction of sp³-hybridized carbons (Fsp3) is 0.333. The number of aromatic nitrogens is 2. The van der Waals surface area contributed by atoms with Crippen molar-refractivity contribution in [1.29, 1.82) is 0 Å². The van der Waals surface area contributed by atoms with Crippen LogP contribution in [-0.4, -0.2) is 62.8 Å². The predicted octanol–water partition coefficient (Wildman–Crippen LogP) is 6.59. The summed E-state index contributed by atoms with van der Waals surface area (Å²) in [6, 6.07) is 6.64. The zero-order chi connectivity index (χ0) is 29.8. The summed E-state index contributed by atoms with van der Waals surface area (Å²) in [5.41, 5.74) is 1.90. The van der Waals surface area contributed by atoms with Crippen LogP contribution in [0.3, 0.4) is 0 Å². The van der Waals surface area contributed by atoms with Gasteiger partial charge in [-0.05, 0) is 36.2 Å². The van der Waals surface area contributed by atoms with Crippen LogP contribution in [0.4, 0.5) is 11.4 Å². The molecule has 0 radical (unpaired) electrons. The number of hydrogen-bond donors (Lipinski definition) is 1. The Kier molecular flexibility index (Phi) is 13.0. The second-order valence-electron chi connectivity index (χ2n) is 8.33. The molecule has 0 aliphatic heterocycles. The molecule has 2 aromatic carbocycles. The van der Waals surface area contributed by atoms with Gasteiger partial charge in [0.15, 0.2) is 11.5 Å². The van der Waals surface area contributed by atoms with Gasteiger partial charge in [0.2, 0.25) is 0 Å². The molecule has 1 N–H and O–H groups in total. The molecule has 0 aliphatic rings. The van der Waals surface area contributed by atoms with Gasteiger partial charge in [0, 0.05) is 25.1 Å². The molecule has 220 valence electrons. The second kappa shape index (κ2) is 16.4. The molecule has 0 amide bonds. The van der Waals surface area contributed by atoms with Gasteiger partial charge in [-0.3, -0.25) is 4.79 Å². The lowest BCUT2D eigenvalue weighted by Gasteiger charge is -2.14. The van der Waals surface area contributed by atoms with E-state index in [2.05, 4.69) is 20.3 Å². The van der Waals surface area contributed by atoms with E-state index in [1.165, 1.54) is 26.6 Å². The molecule has 14 heteroatoms. The maximum Gasteiger partial charge on any atom is 0.341 e. The lowest BCUT2D eigenvalue weighted by Crippen LogP contribution is -2.10. The number of esters is 2. The highest BCUT2D eigenvalue weighted by molar-refractivity contribution is 6.38. The quantitative estimate of drug-likeness (QED) is 0.143. The van der Waals surface area contributed by atoms with Crippen molar-refractivity contribution in [3.63, 3.8) is 0 Å². The summed E-state index contributed by atoms with van der Waals surface area (Å²) in [7, 11) is 2.61. The normalized spacial score (nSPS) is 10.7. The molecule has 3 rings (SSSR count). The Labute approximate surface area is 257 Å². The molecule has 0 saturated heterocycles. The van der Waals surface area contributed by atoms with Crippen LogP contribution in [0.2, 0.25) is 20.1 Å². The second-order valence-corrected chi connectivity index (χ2v) is 9.96. The fourth-order valence-corrected chi connectivity index (χ4v) is 4.74. The first kappa shape index (κ1) is 32.5. The number of rotatable bonds is 15. The van der Waals surface area contributed by atoms with Crippen LogP contribution in [0, 0.1) is 0 Å². The van der Waals surface area contributed by atoms with E-state index in [0.717, 1.165) is 5.56 Å². The molecule has 0 spiro atoms. The van der Waals surface area contributed by atoms with Crippen LogP contribution in [0.1, 0.15) is 28.8 Å². The Morgan fingerprint density at radius 1 is 0.780 bits per heavy atom. The molecule has 3 aromatic rings. The number of ether oxygens (including phenoxy) is 5. The van der Waals surface area contributed by atoms with E-state index in [1.807, 2.05) is 0 Å². The molecule has 1 aromatic heterocycles. The van der Waals surface area contributed by atoms with Crippen molar-refractivity contribution < 1.29 is 33.3 Å². The van der Waals surface area contributed by atoms with Crippen LogP contribution < -0.4 is 14.8 Å². The number of carbonyl (C=O) groups is 2. The van der Waals surface area contributed by atoms with E-state index in [0.29, 0.717) is 59.0 Å². The van der Waals surface area contributed by atoms with Gasteiger partial charge in [-0.15, -0.1) is 0 Å². The molecule has 0 saturated carbocycles. The van der Waals surface area contributed by atoms with Crippen molar-refractivity contribution in [3.8, 4) is 11.5 Å². The zero-order valence-electron chi connectivity index (χ0n) is 22.2. The number of halogens is 4. The highest BCUT2D eigenvalue weighted by Gasteiger charge is 2.16. The number of hydrogen-bond acceptors (Lipinski definition) is 10. The van der Waals surface area contributed by atoms with Gasteiger partial charge < -0.3 is 29.0 Å². The summed E-state index contributed by atoms with van der Waals surface area (Å²) in [6.45, 7) is 1.23. The van der Waals surface area contributed by atoms with Gasteiger partial charge in [0.1, 0.15) is 12.2 Å². The van der Waals surface area contributed by atoms with Gasteiger partial charge in [-0.1, -0.05) is 46.4 Å². The van der Waals surface area contributed by atoms with E-state index in [1.54, 1.807) is 24.3 Å². The predicted molar refractivity (Wildman–Crippen MR) is 156 cm³/mol. The van der Waals surface area contributed by atoms with Crippen LogP contribution >= 0.6 is 46.4 Å². The standard InChI is InChI=1S/C27H27Cl4N3O7/c1-37-24(35)5-4-16-10-19(28)25(20(29)11-16)40-7-3-6-39-8-9-41-26-21(30)12-17(13-22(26)31)34-23-15-33-32-14-18(23)27(36)38-2/h10-15H,3-9H2,1-2H3,(H,32,34). The van der Waals surface area contributed by atoms with Crippen LogP contribution in [0.25, 0.3) is 0 Å². The highest BCUT2D eigenvalue weighted by Crippen LogP contribution is 2.37. The summed E-state index contributed by atoms with van der Waals surface area (Å²) in [6.07, 6.45) is 3.95. The van der Waals surface area contributed by atoms with Crippen molar-refractivity contribution in [1.82, 2.24) is 10.2 Å². The first-order chi connectivity index (χ1) is 19.7. The van der Waals surface area contributed by atoms with E-state index in [-0.39, 0.29) is 41.2 Å². The van der Waals surface area contributed by atoms with Gasteiger partial charge in [-0.2, -0.15) is 10.2 Å². The molecular weight excluding hydrogens is 620 g/mol. The van der Waals surface area contributed by atoms with Crippen LogP contribution in [0.5, 0.6) is 11.5 Å². The van der Waals surface area contributed by atoms with E-state index >= 15 is 0 Å². The summed E-state index contributed by atoms with van der Waals surface area (Å²) in [5.74, 6) is -0.203. The Hall–Kier alpha value is -3.02. The summed E-state index contributed by atoms with van der Waals surface area (Å²) in [4.78, 5) is 23.3. The number of anilines is 2. The average Bonchev–Trinajstić information content (AvgIpc) is 2.95. The molecular formula is C27H27Cl4N3O7. The van der Waals surface area contributed by atoms with Crippen molar-refractivity contribution in [2.24, 2.45) is 0 Å². The maximum atomic E-state index is 11.9. The summed E-state index contributed by atoms with van der Waals surface area (Å²) in [5, 5.41) is 11.8. The number of nitrogens with zero attached hydrogens (tertiary/aromatic N) is 2. The molecule has 0 aliphatic carbocycles. The van der Waals surface area contributed by atoms with Gasteiger partial charge >= 0.3 is 11.9 Å². The topological polar surface area (TPSA) is 118 Å². The zero-order valence-corrected chi connectivity index (χ0v) is 25.2. The Morgan fingerprint density at radius 3 is 2.02 bits per heavy atom. The lowest BCUT2D eigenvalue weighted by atomic mass is 10.1. The maximum absolute atomic E-state index is 11.9. The largest absolute Gasteiger partial charge is 0.490 e. The van der Waals surface area contributed by atoms with E-state index < -0.39 is 5.97 Å². The van der Waals surface area contributed by atoms with E-state index in [9.17, 15) is 9.59 Å². The summed E-state index contributed by atoms with van der Waals surface area (Å²) >= 11 is 25.4. The number of methoxy groups -OCH3 is 2. The van der Waals surface area contributed by atoms with Crippen molar-refractivity contribution in [3.05, 3.63) is 67.9 Å². The van der Waals surface area contributed by atoms with Gasteiger partial charge in [-0.25, -0.2) is 4.79 Å². The van der Waals surface area contributed by atoms with Crippen LogP contribution in [0.15, 0.2) is 36.7 Å². The molecule has 0 unspecified atom stereocenters. The third-order valence-corrected chi connectivity index (χ3v) is 6.59. The molecule has 0 atom stereocenters. The SMILES string of the molecule is COC(=O)CCc1cc(Cl)c(OCCCOCCOc2c(Cl)cc(Nc3cnncc3C(=O)OC)cc2Cl)c(Cl)c1. The molecule has 10 nitrogen and oxygen atoms in total. The summed E-state index contributed by atoms with van der Waals surface area (Å²) < 4.78 is 26.4. The number of benzene rings is 2. The fourth-order valence-electron chi connectivity index (χ4n) is 3.50. The smallest absolute Gasteiger partial charge is 0.341 e. The van der Waals surface area contributed by atoms with Gasteiger partial charge in [0.05, 0.1) is 65.6 Å². The number of carbonyl (C=O) groups excluding carboxylic acids is 2. The number of aryl methyl sites for hydroxylation is 1. The first-order valence-electron chi connectivity index (χ1n) is 12.3. The van der Waals surface area contributed by atoms with Crippen molar-refractivity contribution >= 4 is 69.7 Å². The molecule has 0 bridgehead atoms. The third kappa shape index (κ3) is 9.79. The van der Waals surface area contributed by atoms with E-state index in [4.69, 9.17) is 65.4 Å². The lowest BCUT2D eigenvalue weighted by molar-refractivity contribution is -0.140. The molecule has 41 heavy (non-hydrogen) atoms.